The minimum Gasteiger partial charge on any atom is -0.298 e. The lowest BCUT2D eigenvalue weighted by atomic mass is 10.2. The van der Waals surface area contributed by atoms with Crippen LogP contribution >= 0.6 is 11.3 Å². The Kier molecular flexibility index (Phi) is 5.84. The summed E-state index contributed by atoms with van der Waals surface area (Å²) in [5.41, 5.74) is 0.848. The van der Waals surface area contributed by atoms with E-state index in [2.05, 4.69) is 10.3 Å². The zero-order valence-corrected chi connectivity index (χ0v) is 20.1. The molecule has 32 heavy (non-hydrogen) atoms. The highest BCUT2D eigenvalue weighted by molar-refractivity contribution is 7.89. The van der Waals surface area contributed by atoms with Crippen LogP contribution in [0.5, 0.6) is 0 Å². The first-order valence-corrected chi connectivity index (χ1v) is 13.4. The number of carbonyl (C=O) groups is 1. The molecule has 4 rings (SSSR count). The molecule has 1 amide bonds. The predicted molar refractivity (Wildman–Crippen MR) is 123 cm³/mol. The Morgan fingerprint density at radius 3 is 2.19 bits per heavy atom. The van der Waals surface area contributed by atoms with Crippen LogP contribution in [0.1, 0.15) is 23.2 Å². The van der Waals surface area contributed by atoms with Gasteiger partial charge < -0.3 is 0 Å². The molecule has 3 aromatic rings. The number of nitrogens with one attached hydrogen (secondary N) is 1. The summed E-state index contributed by atoms with van der Waals surface area (Å²) in [5.74, 6) is -0.440. The molecule has 1 fully saturated rings. The van der Waals surface area contributed by atoms with E-state index in [1.807, 2.05) is 0 Å². The van der Waals surface area contributed by atoms with Crippen molar-refractivity contribution in [2.24, 2.45) is 0 Å². The maximum absolute atomic E-state index is 12.6. The summed E-state index contributed by atoms with van der Waals surface area (Å²) in [6, 6.07) is 10.4. The second-order valence-electron chi connectivity index (χ2n) is 7.67. The third kappa shape index (κ3) is 4.28. The summed E-state index contributed by atoms with van der Waals surface area (Å²) < 4.78 is 53.0. The molecule has 2 aromatic carbocycles. The fourth-order valence-electron chi connectivity index (χ4n) is 3.08. The van der Waals surface area contributed by atoms with E-state index in [1.54, 1.807) is 13.1 Å². The predicted octanol–water partition coefficient (Wildman–Crippen LogP) is 2.58. The van der Waals surface area contributed by atoms with Gasteiger partial charge in [-0.1, -0.05) is 11.3 Å². The Labute approximate surface area is 190 Å². The number of sulfonamides is 2. The SMILES string of the molecule is CN(C)S(=O)(=O)c1ccc2nc(NC(=O)c3ccc(S(=O)(=O)N(C)C4CC4)cc3)sc2c1. The number of carbonyl (C=O) groups excluding carboxylic acids is 1. The maximum Gasteiger partial charge on any atom is 0.257 e. The van der Waals surface area contributed by atoms with Crippen LogP contribution in [0.25, 0.3) is 10.2 Å². The summed E-state index contributed by atoms with van der Waals surface area (Å²) in [6.45, 7) is 0. The second-order valence-corrected chi connectivity index (χ2v) is 12.8. The van der Waals surface area contributed by atoms with Crippen molar-refractivity contribution in [3.8, 4) is 0 Å². The topological polar surface area (TPSA) is 117 Å². The number of hydrogen-bond donors (Lipinski definition) is 1. The van der Waals surface area contributed by atoms with E-state index < -0.39 is 26.0 Å². The molecule has 0 atom stereocenters. The molecule has 9 nitrogen and oxygen atoms in total. The summed E-state index contributed by atoms with van der Waals surface area (Å²) in [7, 11) is -2.68. The van der Waals surface area contributed by atoms with Gasteiger partial charge in [-0.25, -0.2) is 26.1 Å². The van der Waals surface area contributed by atoms with Crippen LogP contribution in [0.15, 0.2) is 52.3 Å². The van der Waals surface area contributed by atoms with Gasteiger partial charge in [0.05, 0.1) is 20.0 Å². The van der Waals surface area contributed by atoms with E-state index in [0.717, 1.165) is 28.5 Å². The molecule has 1 aromatic heterocycles. The van der Waals surface area contributed by atoms with E-state index in [9.17, 15) is 21.6 Å². The van der Waals surface area contributed by atoms with Gasteiger partial charge in [0.2, 0.25) is 20.0 Å². The number of aromatic nitrogens is 1. The maximum atomic E-state index is 12.6. The average molecular weight is 495 g/mol. The van der Waals surface area contributed by atoms with Crippen molar-refractivity contribution in [2.75, 3.05) is 26.5 Å². The molecule has 1 saturated carbocycles. The van der Waals surface area contributed by atoms with Gasteiger partial charge in [-0.15, -0.1) is 0 Å². The molecular weight excluding hydrogens is 472 g/mol. The zero-order chi connectivity index (χ0) is 23.3. The third-order valence-corrected chi connectivity index (χ3v) is 9.88. The summed E-state index contributed by atoms with van der Waals surface area (Å²) in [6.07, 6.45) is 1.72. The highest BCUT2D eigenvalue weighted by atomic mass is 32.2. The number of rotatable bonds is 7. The summed E-state index contributed by atoms with van der Waals surface area (Å²) >= 11 is 1.16. The first kappa shape index (κ1) is 22.8. The van der Waals surface area contributed by atoms with Crippen molar-refractivity contribution in [2.45, 2.75) is 28.7 Å². The Hall–Kier alpha value is -2.38. The minimum atomic E-state index is -3.58. The van der Waals surface area contributed by atoms with Gasteiger partial charge in [-0.3, -0.25) is 10.1 Å². The molecule has 0 bridgehead atoms. The van der Waals surface area contributed by atoms with Crippen molar-refractivity contribution in [3.05, 3.63) is 48.0 Å². The van der Waals surface area contributed by atoms with Crippen LogP contribution in [0, 0.1) is 0 Å². The number of nitrogens with zero attached hydrogens (tertiary/aromatic N) is 3. The zero-order valence-electron chi connectivity index (χ0n) is 17.6. The number of fused-ring (bicyclic) bond motifs is 1. The number of amides is 1. The molecule has 0 saturated heterocycles. The average Bonchev–Trinajstić information content (AvgIpc) is 3.52. The largest absolute Gasteiger partial charge is 0.298 e. The lowest BCUT2D eigenvalue weighted by molar-refractivity contribution is 0.102. The highest BCUT2D eigenvalue weighted by Crippen LogP contribution is 2.31. The van der Waals surface area contributed by atoms with Crippen LogP contribution in [-0.2, 0) is 20.0 Å². The van der Waals surface area contributed by atoms with E-state index in [-0.39, 0.29) is 21.4 Å². The van der Waals surface area contributed by atoms with Crippen LogP contribution in [0.2, 0.25) is 0 Å². The van der Waals surface area contributed by atoms with Gasteiger partial charge in [0, 0.05) is 32.7 Å². The fourth-order valence-corrected chi connectivity index (χ4v) is 6.40. The van der Waals surface area contributed by atoms with Crippen LogP contribution in [0.4, 0.5) is 5.13 Å². The Morgan fingerprint density at radius 1 is 0.969 bits per heavy atom. The molecule has 1 aliphatic carbocycles. The third-order valence-electron chi connectivity index (χ3n) is 5.21. The first-order chi connectivity index (χ1) is 15.0. The van der Waals surface area contributed by atoms with E-state index >= 15 is 0 Å². The van der Waals surface area contributed by atoms with Gasteiger partial charge in [0.15, 0.2) is 5.13 Å². The van der Waals surface area contributed by atoms with Crippen LogP contribution in [-0.4, -0.2) is 63.5 Å². The van der Waals surface area contributed by atoms with Gasteiger partial charge in [-0.2, -0.15) is 4.31 Å². The minimum absolute atomic E-state index is 0.0511. The van der Waals surface area contributed by atoms with Crippen LogP contribution < -0.4 is 5.32 Å². The van der Waals surface area contributed by atoms with Gasteiger partial charge in [-0.05, 0) is 55.3 Å². The van der Waals surface area contributed by atoms with Gasteiger partial charge in [0.1, 0.15) is 0 Å². The normalized spacial score (nSPS) is 14.9. The smallest absolute Gasteiger partial charge is 0.257 e. The molecule has 12 heteroatoms. The molecular formula is C20H22N4O5S3. The molecule has 0 unspecified atom stereocenters. The Balaban J connectivity index is 1.52. The quantitative estimate of drug-likeness (QED) is 0.540. The molecule has 1 heterocycles. The van der Waals surface area contributed by atoms with Crippen molar-refractivity contribution >= 4 is 52.6 Å². The number of thiazole rings is 1. The standard InChI is InChI=1S/C20H22N4O5S3/c1-23(2)31(26,27)16-10-11-17-18(12-16)30-20(21-17)22-19(25)13-4-8-15(9-5-13)32(28,29)24(3)14-6-7-14/h4-5,8-12,14H,6-7H2,1-3H3,(H,21,22,25). The fraction of sp³-hybridized carbons (Fsp3) is 0.300. The molecule has 170 valence electrons. The second kappa shape index (κ2) is 8.19. The van der Waals surface area contributed by atoms with Gasteiger partial charge >= 0.3 is 0 Å². The van der Waals surface area contributed by atoms with Crippen molar-refractivity contribution < 1.29 is 21.6 Å². The van der Waals surface area contributed by atoms with E-state index in [0.29, 0.717) is 15.3 Å². The van der Waals surface area contributed by atoms with Crippen molar-refractivity contribution in [3.63, 3.8) is 0 Å². The Bertz CT molecular complexity index is 1390. The molecule has 0 radical (unpaired) electrons. The number of hydrogen-bond acceptors (Lipinski definition) is 7. The molecule has 1 aliphatic rings. The monoisotopic (exact) mass is 494 g/mol. The molecule has 0 aliphatic heterocycles. The van der Waals surface area contributed by atoms with Crippen LogP contribution in [0.3, 0.4) is 0 Å². The highest BCUT2D eigenvalue weighted by Gasteiger charge is 2.35. The summed E-state index contributed by atoms with van der Waals surface area (Å²) in [4.78, 5) is 17.2. The summed E-state index contributed by atoms with van der Waals surface area (Å²) in [5, 5.41) is 3.00. The van der Waals surface area contributed by atoms with E-state index in [4.69, 9.17) is 0 Å². The van der Waals surface area contributed by atoms with Gasteiger partial charge in [0.25, 0.3) is 5.91 Å². The molecule has 1 N–H and O–H groups in total. The lowest BCUT2D eigenvalue weighted by Gasteiger charge is -2.16. The Morgan fingerprint density at radius 2 is 1.59 bits per heavy atom. The van der Waals surface area contributed by atoms with Crippen molar-refractivity contribution in [1.29, 1.82) is 0 Å². The number of anilines is 1. The number of benzene rings is 2. The molecule has 0 spiro atoms. The first-order valence-electron chi connectivity index (χ1n) is 9.73. The van der Waals surface area contributed by atoms with E-state index in [1.165, 1.54) is 54.8 Å². The van der Waals surface area contributed by atoms with Crippen molar-refractivity contribution in [1.82, 2.24) is 13.6 Å². The lowest BCUT2D eigenvalue weighted by Crippen LogP contribution is -2.29.